The van der Waals surface area contributed by atoms with E-state index in [1.807, 2.05) is 0 Å². The topological polar surface area (TPSA) is 71.8 Å². The van der Waals surface area contributed by atoms with E-state index in [1.54, 1.807) is 0 Å². The van der Waals surface area contributed by atoms with Gasteiger partial charge in [0.25, 0.3) is 0 Å². The number of benzene rings is 2. The summed E-state index contributed by atoms with van der Waals surface area (Å²) in [6, 6.07) is 5.55. The molecule has 0 saturated carbocycles. The van der Waals surface area contributed by atoms with Crippen molar-refractivity contribution in [3.8, 4) is 11.1 Å². The van der Waals surface area contributed by atoms with E-state index in [0.717, 1.165) is 18.2 Å². The Labute approximate surface area is 170 Å². The molecule has 4 rings (SSSR count). The van der Waals surface area contributed by atoms with Crippen LogP contribution in [-0.2, 0) is 6.18 Å². The number of nitrogens with two attached hydrogens (primary N) is 1. The highest BCUT2D eigenvalue weighted by Gasteiger charge is 2.34. The largest absolute Gasteiger partial charge is 0.419 e. The molecule has 2 aromatic heterocycles. The zero-order valence-corrected chi connectivity index (χ0v) is 15.3. The number of pyridine rings is 1. The molecule has 0 bridgehead atoms. The van der Waals surface area contributed by atoms with E-state index < -0.39 is 46.2 Å². The van der Waals surface area contributed by atoms with E-state index >= 15 is 0 Å². The van der Waals surface area contributed by atoms with Gasteiger partial charge in [-0.1, -0.05) is 6.07 Å². The third kappa shape index (κ3) is 3.49. The molecule has 0 aliphatic rings. The molecule has 0 aliphatic carbocycles. The molecule has 158 valence electrons. The second-order valence-electron chi connectivity index (χ2n) is 6.67. The lowest BCUT2D eigenvalue weighted by Gasteiger charge is -2.10. The molecule has 10 heteroatoms. The van der Waals surface area contributed by atoms with Crippen molar-refractivity contribution < 1.29 is 31.1 Å². The third-order valence-electron chi connectivity index (χ3n) is 4.73. The maximum atomic E-state index is 14.3. The number of carbonyl (C=O) groups is 1. The number of halogens is 6. The van der Waals surface area contributed by atoms with Gasteiger partial charge in [0.05, 0.1) is 16.8 Å². The number of carbonyl (C=O) groups excluding carboxylic acids is 1. The minimum absolute atomic E-state index is 0.0101. The van der Waals surface area contributed by atoms with Gasteiger partial charge >= 0.3 is 6.18 Å². The molecule has 0 spiro atoms. The van der Waals surface area contributed by atoms with Gasteiger partial charge in [0.2, 0.25) is 5.78 Å². The normalized spacial score (nSPS) is 11.8. The number of hydrogen-bond acceptors (Lipinski definition) is 3. The van der Waals surface area contributed by atoms with Crippen molar-refractivity contribution in [2.75, 3.05) is 5.73 Å². The summed E-state index contributed by atoms with van der Waals surface area (Å²) >= 11 is 0. The van der Waals surface area contributed by atoms with Gasteiger partial charge in [0.15, 0.2) is 5.82 Å². The molecular weight excluding hydrogens is 424 g/mol. The zero-order valence-electron chi connectivity index (χ0n) is 15.3. The first-order valence-corrected chi connectivity index (χ1v) is 8.70. The van der Waals surface area contributed by atoms with E-state index in [-0.39, 0.29) is 27.7 Å². The number of aromatic amines is 1. The fourth-order valence-electron chi connectivity index (χ4n) is 3.18. The van der Waals surface area contributed by atoms with Gasteiger partial charge < -0.3 is 10.7 Å². The lowest BCUT2D eigenvalue weighted by Crippen LogP contribution is -2.09. The average Bonchev–Trinajstić information content (AvgIpc) is 3.13. The number of rotatable bonds is 3. The number of nitrogen functional groups attached to an aromatic ring is 1. The first kappa shape index (κ1) is 20.5. The van der Waals surface area contributed by atoms with Crippen LogP contribution in [-0.4, -0.2) is 15.8 Å². The Morgan fingerprint density at radius 3 is 2.39 bits per heavy atom. The summed E-state index contributed by atoms with van der Waals surface area (Å²) in [4.78, 5) is 19.5. The van der Waals surface area contributed by atoms with Crippen LogP contribution >= 0.6 is 0 Å². The number of hydrogen-bond donors (Lipinski definition) is 2. The molecule has 0 amide bonds. The maximum Gasteiger partial charge on any atom is 0.419 e. The molecule has 0 radical (unpaired) electrons. The highest BCUT2D eigenvalue weighted by atomic mass is 19.4. The van der Waals surface area contributed by atoms with Crippen molar-refractivity contribution in [3.63, 3.8) is 0 Å². The van der Waals surface area contributed by atoms with Crippen molar-refractivity contribution in [2.45, 2.75) is 6.18 Å². The second-order valence-corrected chi connectivity index (χ2v) is 6.67. The molecule has 2 aromatic carbocycles. The maximum absolute atomic E-state index is 14.3. The van der Waals surface area contributed by atoms with Crippen LogP contribution in [0, 0.1) is 17.5 Å². The second kappa shape index (κ2) is 7.15. The molecule has 3 N–H and O–H groups in total. The van der Waals surface area contributed by atoms with Crippen molar-refractivity contribution in [1.82, 2.24) is 9.97 Å². The molecule has 0 fully saturated rings. The summed E-state index contributed by atoms with van der Waals surface area (Å²) < 4.78 is 81.1. The minimum atomic E-state index is -4.91. The molecule has 4 aromatic rings. The fourth-order valence-corrected chi connectivity index (χ4v) is 3.18. The Morgan fingerprint density at radius 1 is 0.968 bits per heavy atom. The number of ketones is 1. The Morgan fingerprint density at radius 2 is 1.68 bits per heavy atom. The summed E-state index contributed by atoms with van der Waals surface area (Å²) in [6.45, 7) is 0. The molecule has 0 aliphatic heterocycles. The molecule has 0 atom stereocenters. The Bertz CT molecular complexity index is 1340. The lowest BCUT2D eigenvalue weighted by molar-refractivity contribution is -0.139. The van der Waals surface area contributed by atoms with Crippen molar-refractivity contribution in [3.05, 3.63) is 82.9 Å². The van der Waals surface area contributed by atoms with Gasteiger partial charge in [-0.3, -0.25) is 4.79 Å². The van der Waals surface area contributed by atoms with Crippen molar-refractivity contribution in [1.29, 1.82) is 0 Å². The van der Waals surface area contributed by atoms with Crippen molar-refractivity contribution >= 4 is 22.5 Å². The molecule has 2 heterocycles. The average molecular weight is 435 g/mol. The quantitative estimate of drug-likeness (QED) is 0.254. The van der Waals surface area contributed by atoms with E-state index in [0.29, 0.717) is 12.1 Å². The Balaban J connectivity index is 1.85. The monoisotopic (exact) mass is 435 g/mol. The highest BCUT2D eigenvalue weighted by molar-refractivity contribution is 6.16. The van der Waals surface area contributed by atoms with Crippen LogP contribution in [0.2, 0.25) is 0 Å². The van der Waals surface area contributed by atoms with E-state index in [1.165, 1.54) is 18.5 Å². The van der Waals surface area contributed by atoms with Gasteiger partial charge in [-0.05, 0) is 35.9 Å². The predicted octanol–water partition coefficient (Wildman–Crippen LogP) is 5.48. The molecular formula is C21H11F6N3O. The van der Waals surface area contributed by atoms with Gasteiger partial charge in [-0.25, -0.2) is 18.2 Å². The standard InChI is InChI=1S/C21H11F6N3O/c22-14-2-1-9(6-13(14)21(25,26)27)10-5-11-12(8-30-20(11)29-7-10)19(31)17-15(23)3-4-16(28)18(17)24/h1-8H,28H2,(H,29,30). The van der Waals surface area contributed by atoms with Crippen LogP contribution < -0.4 is 5.73 Å². The van der Waals surface area contributed by atoms with Crippen LogP contribution in [0.3, 0.4) is 0 Å². The molecule has 0 unspecified atom stereocenters. The smallest absolute Gasteiger partial charge is 0.396 e. The van der Waals surface area contributed by atoms with E-state index in [4.69, 9.17) is 5.73 Å². The number of H-pyrrole nitrogens is 1. The lowest BCUT2D eigenvalue weighted by atomic mass is 9.99. The summed E-state index contributed by atoms with van der Waals surface area (Å²) in [7, 11) is 0. The number of fused-ring (bicyclic) bond motifs is 1. The van der Waals surface area contributed by atoms with Crippen LogP contribution in [0.1, 0.15) is 21.5 Å². The molecule has 0 saturated heterocycles. The number of alkyl halides is 3. The third-order valence-corrected chi connectivity index (χ3v) is 4.73. The van der Waals surface area contributed by atoms with Crippen LogP contribution in [0.25, 0.3) is 22.2 Å². The number of nitrogens with one attached hydrogen (secondary N) is 1. The fraction of sp³-hybridized carbons (Fsp3) is 0.0476. The van der Waals surface area contributed by atoms with E-state index in [9.17, 15) is 31.1 Å². The van der Waals surface area contributed by atoms with Gasteiger partial charge in [0, 0.05) is 28.9 Å². The van der Waals surface area contributed by atoms with Gasteiger partial charge in [0.1, 0.15) is 17.3 Å². The first-order valence-electron chi connectivity index (χ1n) is 8.70. The summed E-state index contributed by atoms with van der Waals surface area (Å²) in [6.07, 6.45) is -2.51. The number of aromatic nitrogens is 2. The van der Waals surface area contributed by atoms with Crippen LogP contribution in [0.4, 0.5) is 32.0 Å². The van der Waals surface area contributed by atoms with Crippen molar-refractivity contribution in [2.24, 2.45) is 0 Å². The summed E-state index contributed by atoms with van der Waals surface area (Å²) in [5.41, 5.74) is 2.80. The van der Waals surface area contributed by atoms with E-state index in [2.05, 4.69) is 9.97 Å². The van der Waals surface area contributed by atoms with Crippen LogP contribution in [0.5, 0.6) is 0 Å². The molecule has 4 nitrogen and oxygen atoms in total. The molecule has 31 heavy (non-hydrogen) atoms. The number of anilines is 1. The zero-order chi connectivity index (χ0) is 22.5. The summed E-state index contributed by atoms with van der Waals surface area (Å²) in [5, 5.41) is 0.113. The first-order chi connectivity index (χ1) is 14.6. The van der Waals surface area contributed by atoms with Gasteiger partial charge in [-0.2, -0.15) is 13.2 Å². The van der Waals surface area contributed by atoms with Crippen LogP contribution in [0.15, 0.2) is 48.8 Å². The Hall–Kier alpha value is -3.82. The minimum Gasteiger partial charge on any atom is -0.396 e. The van der Waals surface area contributed by atoms with Gasteiger partial charge in [-0.15, -0.1) is 0 Å². The summed E-state index contributed by atoms with van der Waals surface area (Å²) in [5.74, 6) is -4.81. The SMILES string of the molecule is Nc1ccc(F)c(C(=O)c2c[nH]c3ncc(-c4ccc(F)c(C(F)(F)F)c4)cc23)c1F. The number of nitrogens with zero attached hydrogens (tertiary/aromatic N) is 1. The predicted molar refractivity (Wildman–Crippen MR) is 101 cm³/mol. The highest BCUT2D eigenvalue weighted by Crippen LogP contribution is 2.35. The Kier molecular flexibility index (Phi) is 4.72.